The van der Waals surface area contributed by atoms with E-state index in [-0.39, 0.29) is 0 Å². The fraction of sp³-hybridized carbons (Fsp3) is 0.444. The van der Waals surface area contributed by atoms with Crippen LogP contribution >= 0.6 is 0 Å². The second-order valence-corrected chi connectivity index (χ2v) is 2.85. The highest BCUT2D eigenvalue weighted by molar-refractivity contribution is 5.31. The van der Waals surface area contributed by atoms with Crippen molar-refractivity contribution in [3.63, 3.8) is 0 Å². The molecule has 1 aliphatic heterocycles. The van der Waals surface area contributed by atoms with Crippen LogP contribution in [-0.4, -0.2) is 23.1 Å². The highest BCUT2D eigenvalue weighted by Gasteiger charge is 2.15. The Hall–Kier alpha value is -1.09. The van der Waals surface area contributed by atoms with E-state index in [0.29, 0.717) is 0 Å². The molecule has 0 unspecified atom stereocenters. The highest BCUT2D eigenvalue weighted by Crippen LogP contribution is 2.22. The van der Waals surface area contributed by atoms with Crippen molar-refractivity contribution in [3.05, 3.63) is 24.0 Å². The molecule has 0 fully saturated rings. The summed E-state index contributed by atoms with van der Waals surface area (Å²) in [5, 5.41) is 1.96. The summed E-state index contributed by atoms with van der Waals surface area (Å²) < 4.78 is 0. The van der Waals surface area contributed by atoms with Crippen LogP contribution in [0.15, 0.2) is 18.5 Å². The third-order valence-electron chi connectivity index (χ3n) is 2.07. The van der Waals surface area contributed by atoms with Crippen molar-refractivity contribution in [2.75, 3.05) is 13.1 Å². The number of likely N-dealkylation sites (N-methyl/N-ethyl adjacent to an activating group) is 1. The first-order valence-corrected chi connectivity index (χ1v) is 4.26. The molecular weight excluding hydrogens is 152 g/mol. The van der Waals surface area contributed by atoms with E-state index in [4.69, 9.17) is 4.84 Å². The van der Waals surface area contributed by atoms with Crippen LogP contribution in [-0.2, 0) is 6.42 Å². The minimum atomic E-state index is 0.932. The van der Waals surface area contributed by atoms with E-state index in [9.17, 15) is 0 Å². The van der Waals surface area contributed by atoms with Gasteiger partial charge in [-0.05, 0) is 13.3 Å². The van der Waals surface area contributed by atoms with Crippen LogP contribution < -0.4 is 4.84 Å². The fourth-order valence-corrected chi connectivity index (χ4v) is 1.34. The molecule has 1 aromatic rings. The maximum Gasteiger partial charge on any atom is 0.153 e. The summed E-state index contributed by atoms with van der Waals surface area (Å²) in [7, 11) is 0. The molecule has 64 valence electrons. The molecule has 3 heteroatoms. The lowest BCUT2D eigenvalue weighted by Gasteiger charge is -2.26. The molecule has 2 heterocycles. The molecule has 0 atom stereocenters. The Morgan fingerprint density at radius 2 is 2.58 bits per heavy atom. The first-order valence-electron chi connectivity index (χ1n) is 4.26. The Kier molecular flexibility index (Phi) is 1.96. The average molecular weight is 164 g/mol. The molecule has 0 saturated carbocycles. The largest absolute Gasteiger partial charge is 0.406 e. The lowest BCUT2D eigenvalue weighted by molar-refractivity contribution is -0.0638. The van der Waals surface area contributed by atoms with Gasteiger partial charge in [-0.3, -0.25) is 4.98 Å². The SMILES string of the molecule is CCN1CCc2cnccc2O1. The third kappa shape index (κ3) is 1.28. The number of hydroxylamine groups is 2. The van der Waals surface area contributed by atoms with Gasteiger partial charge in [0.1, 0.15) is 0 Å². The Bertz CT molecular complexity index is 275. The number of fused-ring (bicyclic) bond motifs is 1. The van der Waals surface area contributed by atoms with E-state index in [0.717, 1.165) is 25.3 Å². The summed E-state index contributed by atoms with van der Waals surface area (Å²) in [5.74, 6) is 0.957. The second-order valence-electron chi connectivity index (χ2n) is 2.85. The Labute approximate surface area is 71.9 Å². The molecule has 2 rings (SSSR count). The van der Waals surface area contributed by atoms with Crippen molar-refractivity contribution in [2.45, 2.75) is 13.3 Å². The van der Waals surface area contributed by atoms with Crippen LogP contribution in [0.1, 0.15) is 12.5 Å². The number of rotatable bonds is 1. The van der Waals surface area contributed by atoms with Gasteiger partial charge in [0.15, 0.2) is 5.75 Å². The van der Waals surface area contributed by atoms with E-state index in [1.165, 1.54) is 5.56 Å². The van der Waals surface area contributed by atoms with Crippen LogP contribution in [0, 0.1) is 0 Å². The molecule has 1 aromatic heterocycles. The Morgan fingerprint density at radius 3 is 3.42 bits per heavy atom. The van der Waals surface area contributed by atoms with Gasteiger partial charge in [0.25, 0.3) is 0 Å². The first-order chi connectivity index (χ1) is 5.90. The van der Waals surface area contributed by atoms with Crippen LogP contribution in [0.25, 0.3) is 0 Å². The predicted molar refractivity (Wildman–Crippen MR) is 45.8 cm³/mol. The molecule has 0 amide bonds. The summed E-state index contributed by atoms with van der Waals surface area (Å²) in [4.78, 5) is 9.62. The van der Waals surface area contributed by atoms with Gasteiger partial charge in [0.2, 0.25) is 0 Å². The lowest BCUT2D eigenvalue weighted by Crippen LogP contribution is -2.33. The summed E-state index contributed by atoms with van der Waals surface area (Å²) in [6.45, 7) is 3.99. The number of aromatic nitrogens is 1. The molecule has 0 aliphatic carbocycles. The van der Waals surface area contributed by atoms with Gasteiger partial charge in [0, 0.05) is 37.1 Å². The Morgan fingerprint density at radius 1 is 1.67 bits per heavy atom. The van der Waals surface area contributed by atoms with Gasteiger partial charge in [-0.25, -0.2) is 0 Å². The maximum absolute atomic E-state index is 5.57. The zero-order valence-electron chi connectivity index (χ0n) is 7.16. The quantitative estimate of drug-likeness (QED) is 0.624. The minimum Gasteiger partial charge on any atom is -0.406 e. The molecule has 0 radical (unpaired) electrons. The molecule has 12 heavy (non-hydrogen) atoms. The average Bonchev–Trinajstić information content (AvgIpc) is 2.17. The summed E-state index contributed by atoms with van der Waals surface area (Å²) >= 11 is 0. The van der Waals surface area contributed by atoms with Crippen molar-refractivity contribution in [1.29, 1.82) is 0 Å². The second kappa shape index (κ2) is 3.11. The van der Waals surface area contributed by atoms with Gasteiger partial charge in [-0.1, -0.05) is 0 Å². The minimum absolute atomic E-state index is 0.932. The van der Waals surface area contributed by atoms with Gasteiger partial charge in [-0.15, -0.1) is 5.06 Å². The van der Waals surface area contributed by atoms with Gasteiger partial charge in [0.05, 0.1) is 0 Å². The molecule has 0 aromatic carbocycles. The summed E-state index contributed by atoms with van der Waals surface area (Å²) in [6, 6.07) is 1.91. The molecule has 0 bridgehead atoms. The van der Waals surface area contributed by atoms with Crippen LogP contribution in [0.5, 0.6) is 5.75 Å². The lowest BCUT2D eigenvalue weighted by atomic mass is 10.2. The van der Waals surface area contributed by atoms with Crippen molar-refractivity contribution >= 4 is 0 Å². The number of hydrogen-bond donors (Lipinski definition) is 0. The molecular formula is C9H12N2O. The fourth-order valence-electron chi connectivity index (χ4n) is 1.34. The zero-order chi connectivity index (χ0) is 8.39. The van der Waals surface area contributed by atoms with Crippen LogP contribution in [0.2, 0.25) is 0 Å². The number of nitrogens with zero attached hydrogens (tertiary/aromatic N) is 2. The Balaban J connectivity index is 2.23. The van der Waals surface area contributed by atoms with Crippen molar-refractivity contribution in [2.24, 2.45) is 0 Å². The maximum atomic E-state index is 5.57. The van der Waals surface area contributed by atoms with E-state index < -0.39 is 0 Å². The predicted octanol–water partition coefficient (Wildman–Crippen LogP) is 1.25. The number of hydrogen-bond acceptors (Lipinski definition) is 3. The van der Waals surface area contributed by atoms with Crippen molar-refractivity contribution in [1.82, 2.24) is 10.0 Å². The van der Waals surface area contributed by atoms with Crippen molar-refractivity contribution in [3.8, 4) is 5.75 Å². The molecule has 3 nitrogen and oxygen atoms in total. The van der Waals surface area contributed by atoms with Crippen molar-refractivity contribution < 1.29 is 4.84 Å². The van der Waals surface area contributed by atoms with E-state index in [1.54, 1.807) is 6.20 Å². The molecule has 0 spiro atoms. The summed E-state index contributed by atoms with van der Waals surface area (Å²) in [5.41, 5.74) is 1.21. The first kappa shape index (κ1) is 7.55. The van der Waals surface area contributed by atoms with E-state index in [2.05, 4.69) is 11.9 Å². The van der Waals surface area contributed by atoms with Gasteiger partial charge >= 0.3 is 0 Å². The van der Waals surface area contributed by atoms with Crippen LogP contribution in [0.3, 0.4) is 0 Å². The zero-order valence-corrected chi connectivity index (χ0v) is 7.16. The van der Waals surface area contributed by atoms with Gasteiger partial charge < -0.3 is 4.84 Å². The smallest absolute Gasteiger partial charge is 0.153 e. The normalized spacial score (nSPS) is 16.8. The highest BCUT2D eigenvalue weighted by atomic mass is 16.7. The molecule has 0 saturated heterocycles. The third-order valence-corrected chi connectivity index (χ3v) is 2.07. The summed E-state index contributed by atoms with van der Waals surface area (Å²) in [6.07, 6.45) is 4.68. The van der Waals surface area contributed by atoms with E-state index >= 15 is 0 Å². The van der Waals surface area contributed by atoms with E-state index in [1.807, 2.05) is 17.3 Å². The monoisotopic (exact) mass is 164 g/mol. The molecule has 0 N–H and O–H groups in total. The topological polar surface area (TPSA) is 25.4 Å². The van der Waals surface area contributed by atoms with Gasteiger partial charge in [-0.2, -0.15) is 0 Å². The van der Waals surface area contributed by atoms with Crippen LogP contribution in [0.4, 0.5) is 0 Å². The number of pyridine rings is 1. The molecule has 1 aliphatic rings. The standard InChI is InChI=1S/C9H12N2O/c1-2-11-6-4-8-7-10-5-3-9(8)12-11/h3,5,7H,2,4,6H2,1H3.